The van der Waals surface area contributed by atoms with Gasteiger partial charge >= 0.3 is 0 Å². The van der Waals surface area contributed by atoms with Gasteiger partial charge in [0.2, 0.25) is 0 Å². The summed E-state index contributed by atoms with van der Waals surface area (Å²) in [6, 6.07) is 0. The summed E-state index contributed by atoms with van der Waals surface area (Å²) in [6.07, 6.45) is 8.67. The first-order valence-corrected chi connectivity index (χ1v) is 8.45. The van der Waals surface area contributed by atoms with Crippen molar-refractivity contribution in [2.75, 3.05) is 18.8 Å². The molecule has 1 saturated heterocycles. The van der Waals surface area contributed by atoms with Crippen LogP contribution in [0.1, 0.15) is 31.2 Å². The van der Waals surface area contributed by atoms with Crippen LogP contribution in [0, 0.1) is 0 Å². The van der Waals surface area contributed by atoms with Crippen molar-refractivity contribution in [3.8, 4) is 0 Å². The second-order valence-electron chi connectivity index (χ2n) is 5.63. The summed E-state index contributed by atoms with van der Waals surface area (Å²) in [5.74, 6) is 0.292. The van der Waals surface area contributed by atoms with Gasteiger partial charge in [-0.3, -0.25) is 4.90 Å². The minimum atomic E-state index is -2.92. The van der Waals surface area contributed by atoms with E-state index < -0.39 is 14.6 Å². The van der Waals surface area contributed by atoms with Crippen LogP contribution in [0.2, 0.25) is 0 Å². The van der Waals surface area contributed by atoms with E-state index in [0.717, 1.165) is 44.3 Å². The average Bonchev–Trinajstić information content (AvgIpc) is 2.47. The van der Waals surface area contributed by atoms with E-state index in [1.165, 1.54) is 6.33 Å². The number of hydrogen-bond acceptors (Lipinski definition) is 5. The molecule has 2 heterocycles. The molecular weight excluding hydrogens is 262 g/mol. The molecular formula is C13H19N3O2S. The first-order chi connectivity index (χ1) is 9.11. The van der Waals surface area contributed by atoms with Crippen LogP contribution in [0.3, 0.4) is 0 Å². The molecule has 0 amide bonds. The van der Waals surface area contributed by atoms with Crippen LogP contribution in [-0.4, -0.2) is 46.9 Å². The molecule has 0 aromatic carbocycles. The Bertz CT molecular complexity index is 540. The van der Waals surface area contributed by atoms with Gasteiger partial charge < -0.3 is 0 Å². The molecule has 5 nitrogen and oxygen atoms in total. The first-order valence-electron chi connectivity index (χ1n) is 6.80. The molecule has 1 spiro atoms. The first kappa shape index (κ1) is 13.0. The van der Waals surface area contributed by atoms with Crippen molar-refractivity contribution in [2.45, 2.75) is 37.0 Å². The van der Waals surface area contributed by atoms with Gasteiger partial charge in [0.15, 0.2) is 9.84 Å². The van der Waals surface area contributed by atoms with E-state index in [9.17, 15) is 8.42 Å². The van der Waals surface area contributed by atoms with Crippen molar-refractivity contribution >= 4 is 9.84 Å². The quantitative estimate of drug-likeness (QED) is 0.810. The second kappa shape index (κ2) is 4.83. The zero-order chi connectivity index (χ0) is 13.3. The maximum absolute atomic E-state index is 12.4. The van der Waals surface area contributed by atoms with Crippen molar-refractivity contribution in [3.05, 3.63) is 24.3 Å². The van der Waals surface area contributed by atoms with E-state index in [4.69, 9.17) is 0 Å². The van der Waals surface area contributed by atoms with Gasteiger partial charge in [-0.2, -0.15) is 0 Å². The SMILES string of the molecule is O=S1(=O)CCN(Cc2cncnc2)CCC12CCC2. The second-order valence-corrected chi connectivity index (χ2v) is 8.13. The van der Waals surface area contributed by atoms with Crippen molar-refractivity contribution in [2.24, 2.45) is 0 Å². The van der Waals surface area contributed by atoms with E-state index in [0.29, 0.717) is 12.3 Å². The summed E-state index contributed by atoms with van der Waals surface area (Å²) >= 11 is 0. The fourth-order valence-corrected chi connectivity index (χ4v) is 5.30. The topological polar surface area (TPSA) is 63.2 Å². The van der Waals surface area contributed by atoms with E-state index >= 15 is 0 Å². The van der Waals surface area contributed by atoms with Crippen LogP contribution in [0.15, 0.2) is 18.7 Å². The van der Waals surface area contributed by atoms with E-state index in [2.05, 4.69) is 14.9 Å². The number of aromatic nitrogens is 2. The predicted octanol–water partition coefficient (Wildman–Crippen LogP) is 1.02. The molecule has 2 fully saturated rings. The Labute approximate surface area is 114 Å². The highest BCUT2D eigenvalue weighted by Crippen LogP contribution is 2.43. The zero-order valence-corrected chi connectivity index (χ0v) is 11.8. The summed E-state index contributed by atoms with van der Waals surface area (Å²) in [5.41, 5.74) is 1.05. The van der Waals surface area contributed by atoms with Crippen molar-refractivity contribution in [1.82, 2.24) is 14.9 Å². The van der Waals surface area contributed by atoms with Gasteiger partial charge in [0.25, 0.3) is 0 Å². The van der Waals surface area contributed by atoms with Crippen LogP contribution >= 0.6 is 0 Å². The van der Waals surface area contributed by atoms with Crippen LogP contribution in [0.4, 0.5) is 0 Å². The molecule has 1 saturated carbocycles. The maximum Gasteiger partial charge on any atom is 0.157 e. The molecule has 1 aliphatic heterocycles. The molecule has 104 valence electrons. The zero-order valence-electron chi connectivity index (χ0n) is 11.0. The van der Waals surface area contributed by atoms with Gasteiger partial charge in [-0.15, -0.1) is 0 Å². The lowest BCUT2D eigenvalue weighted by Crippen LogP contribution is -2.46. The smallest absolute Gasteiger partial charge is 0.157 e. The largest absolute Gasteiger partial charge is 0.298 e. The normalized spacial score (nSPS) is 25.7. The monoisotopic (exact) mass is 281 g/mol. The molecule has 0 radical (unpaired) electrons. The number of nitrogens with zero attached hydrogens (tertiary/aromatic N) is 3. The van der Waals surface area contributed by atoms with Gasteiger partial charge in [0, 0.05) is 37.6 Å². The number of sulfone groups is 1. The van der Waals surface area contributed by atoms with Gasteiger partial charge in [-0.25, -0.2) is 18.4 Å². The standard InChI is InChI=1S/C13H19N3O2S/c17-19(18)7-6-16(5-4-13(19)2-1-3-13)10-12-8-14-11-15-9-12/h8-9,11H,1-7,10H2. The Morgan fingerprint density at radius 2 is 1.89 bits per heavy atom. The summed E-state index contributed by atoms with van der Waals surface area (Å²) in [4.78, 5) is 10.2. The summed E-state index contributed by atoms with van der Waals surface area (Å²) in [7, 11) is -2.92. The van der Waals surface area contributed by atoms with Crippen LogP contribution in [0.5, 0.6) is 0 Å². The Morgan fingerprint density at radius 3 is 2.53 bits per heavy atom. The summed E-state index contributed by atoms with van der Waals surface area (Å²) < 4.78 is 24.3. The van der Waals surface area contributed by atoms with Gasteiger partial charge in [0.1, 0.15) is 6.33 Å². The molecule has 0 unspecified atom stereocenters. The van der Waals surface area contributed by atoms with Crippen molar-refractivity contribution in [1.29, 1.82) is 0 Å². The molecule has 1 aliphatic carbocycles. The highest BCUT2D eigenvalue weighted by Gasteiger charge is 2.49. The van der Waals surface area contributed by atoms with Crippen molar-refractivity contribution in [3.63, 3.8) is 0 Å². The fourth-order valence-electron chi connectivity index (χ4n) is 3.06. The van der Waals surface area contributed by atoms with Crippen molar-refractivity contribution < 1.29 is 8.42 Å². The highest BCUT2D eigenvalue weighted by atomic mass is 32.2. The molecule has 1 aromatic heterocycles. The Kier molecular flexibility index (Phi) is 3.30. The number of hydrogen-bond donors (Lipinski definition) is 0. The Hall–Kier alpha value is -1.01. The minimum absolute atomic E-state index is 0.292. The lowest BCUT2D eigenvalue weighted by Gasteiger charge is -2.40. The molecule has 19 heavy (non-hydrogen) atoms. The molecule has 0 bridgehead atoms. The minimum Gasteiger partial charge on any atom is -0.298 e. The highest BCUT2D eigenvalue weighted by molar-refractivity contribution is 7.92. The van der Waals surface area contributed by atoms with Crippen LogP contribution in [0.25, 0.3) is 0 Å². The van der Waals surface area contributed by atoms with Crippen LogP contribution in [-0.2, 0) is 16.4 Å². The third-order valence-electron chi connectivity index (χ3n) is 4.50. The van der Waals surface area contributed by atoms with Gasteiger partial charge in [0.05, 0.1) is 10.5 Å². The Balaban J connectivity index is 1.71. The maximum atomic E-state index is 12.4. The molecule has 0 atom stereocenters. The lowest BCUT2D eigenvalue weighted by atomic mass is 9.81. The lowest BCUT2D eigenvalue weighted by molar-refractivity contribution is 0.242. The fraction of sp³-hybridized carbons (Fsp3) is 0.692. The molecule has 0 N–H and O–H groups in total. The summed E-state index contributed by atoms with van der Waals surface area (Å²) in [6.45, 7) is 2.22. The Morgan fingerprint density at radius 1 is 1.16 bits per heavy atom. The average molecular weight is 281 g/mol. The van der Waals surface area contributed by atoms with E-state index in [1.54, 1.807) is 12.4 Å². The van der Waals surface area contributed by atoms with Gasteiger partial charge in [-0.1, -0.05) is 6.42 Å². The third-order valence-corrected chi connectivity index (χ3v) is 7.16. The van der Waals surface area contributed by atoms with Crippen LogP contribution < -0.4 is 0 Å². The molecule has 2 aliphatic rings. The predicted molar refractivity (Wildman–Crippen MR) is 72.3 cm³/mol. The van der Waals surface area contributed by atoms with E-state index in [1.807, 2.05) is 0 Å². The summed E-state index contributed by atoms with van der Waals surface area (Å²) in [5, 5.41) is 0. The van der Waals surface area contributed by atoms with Gasteiger partial charge in [-0.05, 0) is 19.3 Å². The molecule has 6 heteroatoms. The molecule has 1 aromatic rings. The third kappa shape index (κ3) is 2.39. The molecule has 3 rings (SSSR count). The van der Waals surface area contributed by atoms with E-state index in [-0.39, 0.29) is 0 Å². The number of rotatable bonds is 2.